The van der Waals surface area contributed by atoms with Crippen molar-refractivity contribution in [2.45, 2.75) is 88.9 Å². The first-order chi connectivity index (χ1) is 19.3. The monoisotopic (exact) mass is 600 g/mol. The van der Waals surface area contributed by atoms with Crippen molar-refractivity contribution < 1.29 is 14.4 Å². The highest BCUT2D eigenvalue weighted by Gasteiger charge is 2.44. The number of rotatable bonds is 7. The van der Waals surface area contributed by atoms with Gasteiger partial charge in [-0.2, -0.15) is 0 Å². The number of hydrogen-bond acceptors (Lipinski definition) is 4. The molecule has 0 aromatic heterocycles. The summed E-state index contributed by atoms with van der Waals surface area (Å²) in [5, 5.41) is 10.4. The molecule has 9 heteroatoms. The average Bonchev–Trinajstić information content (AvgIpc) is 2.98. The fraction of sp³-hybridized carbons (Fsp3) is 0.531. The number of halogens is 2. The molecular weight excluding hydrogens is 559 g/mol. The van der Waals surface area contributed by atoms with Crippen LogP contribution in [0.4, 0.5) is 0 Å². The Balaban J connectivity index is 0.00000387. The van der Waals surface area contributed by atoms with E-state index in [4.69, 9.17) is 11.6 Å². The highest BCUT2D eigenvalue weighted by molar-refractivity contribution is 6.30. The zero-order chi connectivity index (χ0) is 28.1. The molecule has 3 aliphatic rings. The van der Waals surface area contributed by atoms with Gasteiger partial charge in [-0.25, -0.2) is 0 Å². The molecular formula is C32H42Cl2N4O3. The summed E-state index contributed by atoms with van der Waals surface area (Å²) in [5.41, 5.74) is 3.05. The van der Waals surface area contributed by atoms with E-state index in [1.54, 1.807) is 6.92 Å². The minimum Gasteiger partial charge on any atom is -0.350 e. The molecule has 2 atom stereocenters. The number of amides is 3. The number of benzene rings is 2. The van der Waals surface area contributed by atoms with Crippen molar-refractivity contribution in [2.24, 2.45) is 5.92 Å². The van der Waals surface area contributed by atoms with Crippen LogP contribution in [0.25, 0.3) is 0 Å². The first-order valence-corrected chi connectivity index (χ1v) is 15.1. The van der Waals surface area contributed by atoms with E-state index in [0.29, 0.717) is 43.4 Å². The van der Waals surface area contributed by atoms with Crippen LogP contribution in [0.1, 0.15) is 68.6 Å². The van der Waals surface area contributed by atoms with E-state index < -0.39 is 12.1 Å². The van der Waals surface area contributed by atoms with Gasteiger partial charge in [0.2, 0.25) is 17.7 Å². The molecule has 0 unspecified atom stereocenters. The van der Waals surface area contributed by atoms with Crippen molar-refractivity contribution in [3.05, 3.63) is 70.2 Å². The molecule has 7 nitrogen and oxygen atoms in total. The third-order valence-electron chi connectivity index (χ3n) is 9.14. The zero-order valence-electron chi connectivity index (χ0n) is 23.8. The van der Waals surface area contributed by atoms with E-state index in [0.717, 1.165) is 36.8 Å². The van der Waals surface area contributed by atoms with Gasteiger partial charge in [0.05, 0.1) is 6.04 Å². The van der Waals surface area contributed by atoms with Gasteiger partial charge in [-0.05, 0) is 66.8 Å². The molecule has 2 aliphatic heterocycles. The van der Waals surface area contributed by atoms with E-state index in [1.807, 2.05) is 41.3 Å². The Bertz CT molecular complexity index is 1210. The van der Waals surface area contributed by atoms with Gasteiger partial charge >= 0.3 is 0 Å². The quantitative estimate of drug-likeness (QED) is 0.434. The van der Waals surface area contributed by atoms with Crippen molar-refractivity contribution in [3.8, 4) is 0 Å². The second-order valence-corrected chi connectivity index (χ2v) is 12.2. The van der Waals surface area contributed by atoms with Gasteiger partial charge in [0.15, 0.2) is 0 Å². The van der Waals surface area contributed by atoms with Crippen LogP contribution in [0.2, 0.25) is 5.02 Å². The molecule has 2 aromatic carbocycles. The molecule has 1 saturated carbocycles. The fourth-order valence-corrected chi connectivity index (χ4v) is 7.08. The molecule has 0 bridgehead atoms. The molecule has 41 heavy (non-hydrogen) atoms. The summed E-state index contributed by atoms with van der Waals surface area (Å²) >= 11 is 6.10. The lowest BCUT2D eigenvalue weighted by molar-refractivity contribution is -0.139. The molecule has 1 aliphatic carbocycles. The largest absolute Gasteiger partial charge is 0.350 e. The summed E-state index contributed by atoms with van der Waals surface area (Å²) in [7, 11) is 0. The van der Waals surface area contributed by atoms with Gasteiger partial charge in [0.1, 0.15) is 6.04 Å². The number of nitrogens with one attached hydrogen (secondary N) is 3. The van der Waals surface area contributed by atoms with E-state index in [2.05, 4.69) is 28.1 Å². The van der Waals surface area contributed by atoms with Crippen LogP contribution in [0.5, 0.6) is 0 Å². The normalized spacial score (nSPS) is 21.1. The number of piperidine rings is 1. The molecule has 222 valence electrons. The van der Waals surface area contributed by atoms with E-state index in [1.165, 1.54) is 24.8 Å². The third kappa shape index (κ3) is 7.62. The molecule has 3 N–H and O–H groups in total. The maximum atomic E-state index is 14.0. The van der Waals surface area contributed by atoms with Gasteiger partial charge in [-0.15, -0.1) is 12.4 Å². The number of carbonyl (C=O) groups is 3. The molecule has 3 amide bonds. The highest BCUT2D eigenvalue weighted by Crippen LogP contribution is 2.39. The van der Waals surface area contributed by atoms with Crippen molar-refractivity contribution in [2.75, 3.05) is 13.1 Å². The lowest BCUT2D eigenvalue weighted by Crippen LogP contribution is -2.62. The SMILES string of the molecule is CC(=O)NC1(C2CCCCC2)CCN(C(=O)[C@@H](Cc2ccc(Cl)cc2)NC(=O)[C@@H]2Cc3ccccc3CN2)CC1.Cl. The molecule has 5 rings (SSSR count). The van der Waals surface area contributed by atoms with Crippen LogP contribution in [-0.4, -0.2) is 53.3 Å². The molecule has 0 radical (unpaired) electrons. The van der Waals surface area contributed by atoms with Crippen LogP contribution >= 0.6 is 24.0 Å². The standard InChI is InChI=1S/C32H41ClN4O3.ClH/c1-22(38)36-32(26-9-3-2-4-10-26)15-17-37(18-16-32)31(40)29(19-23-11-13-27(33)14-12-23)35-30(39)28-20-24-7-5-6-8-25(24)21-34-28;/h5-8,11-14,26,28-29,34H,2-4,9-10,15-21H2,1H3,(H,35,39)(H,36,38);1H/t28-,29+;/m0./s1. The Morgan fingerprint density at radius 2 is 1.66 bits per heavy atom. The number of nitrogens with zero attached hydrogens (tertiary/aromatic N) is 1. The Labute approximate surface area is 254 Å². The zero-order valence-corrected chi connectivity index (χ0v) is 25.4. The number of carbonyl (C=O) groups excluding carboxylic acids is 3. The first kappa shape index (κ1) is 31.3. The van der Waals surface area contributed by atoms with Gasteiger partial charge in [0.25, 0.3) is 0 Å². The second kappa shape index (κ2) is 14.0. The van der Waals surface area contributed by atoms with Crippen LogP contribution in [0.15, 0.2) is 48.5 Å². The Morgan fingerprint density at radius 3 is 2.32 bits per heavy atom. The van der Waals surface area contributed by atoms with Crippen molar-refractivity contribution in [1.82, 2.24) is 20.9 Å². The molecule has 2 aromatic rings. The summed E-state index contributed by atoms with van der Waals surface area (Å²) < 4.78 is 0. The molecule has 2 heterocycles. The Kier molecular flexibility index (Phi) is 10.7. The molecule has 0 spiro atoms. The van der Waals surface area contributed by atoms with Crippen molar-refractivity contribution in [1.29, 1.82) is 0 Å². The summed E-state index contributed by atoms with van der Waals surface area (Å²) in [4.78, 5) is 41.5. The summed E-state index contributed by atoms with van der Waals surface area (Å²) in [6, 6.07) is 14.5. The van der Waals surface area contributed by atoms with Crippen LogP contribution in [0, 0.1) is 5.92 Å². The number of likely N-dealkylation sites (tertiary alicyclic amines) is 1. The van der Waals surface area contributed by atoms with Gasteiger partial charge < -0.3 is 20.9 Å². The average molecular weight is 602 g/mol. The number of fused-ring (bicyclic) bond motifs is 1. The van der Waals surface area contributed by atoms with Crippen molar-refractivity contribution >= 4 is 41.7 Å². The lowest BCUT2D eigenvalue weighted by atomic mass is 9.69. The third-order valence-corrected chi connectivity index (χ3v) is 9.40. The highest BCUT2D eigenvalue weighted by atomic mass is 35.5. The van der Waals surface area contributed by atoms with Gasteiger partial charge in [-0.3, -0.25) is 14.4 Å². The molecule has 2 fully saturated rings. The van der Waals surface area contributed by atoms with Gasteiger partial charge in [-0.1, -0.05) is 67.3 Å². The van der Waals surface area contributed by atoms with E-state index >= 15 is 0 Å². The Morgan fingerprint density at radius 1 is 1.00 bits per heavy atom. The predicted octanol–water partition coefficient (Wildman–Crippen LogP) is 4.58. The maximum absolute atomic E-state index is 14.0. The first-order valence-electron chi connectivity index (χ1n) is 14.8. The molecule has 1 saturated heterocycles. The van der Waals surface area contributed by atoms with E-state index in [9.17, 15) is 14.4 Å². The minimum atomic E-state index is -0.685. The van der Waals surface area contributed by atoms with E-state index in [-0.39, 0.29) is 35.7 Å². The van der Waals surface area contributed by atoms with Crippen LogP contribution < -0.4 is 16.0 Å². The van der Waals surface area contributed by atoms with Gasteiger partial charge in [0, 0.05) is 43.5 Å². The number of hydrogen-bond donors (Lipinski definition) is 3. The lowest BCUT2D eigenvalue weighted by Gasteiger charge is -2.48. The summed E-state index contributed by atoms with van der Waals surface area (Å²) in [5.74, 6) is 0.222. The maximum Gasteiger partial charge on any atom is 0.245 e. The second-order valence-electron chi connectivity index (χ2n) is 11.8. The summed E-state index contributed by atoms with van der Waals surface area (Å²) in [6.07, 6.45) is 8.37. The predicted molar refractivity (Wildman–Crippen MR) is 164 cm³/mol. The fourth-order valence-electron chi connectivity index (χ4n) is 6.96. The van der Waals surface area contributed by atoms with Crippen LogP contribution in [0.3, 0.4) is 0 Å². The summed E-state index contributed by atoms with van der Waals surface area (Å²) in [6.45, 7) is 3.36. The topological polar surface area (TPSA) is 90.5 Å². The smallest absolute Gasteiger partial charge is 0.245 e. The van der Waals surface area contributed by atoms with Crippen molar-refractivity contribution in [3.63, 3.8) is 0 Å². The Hall–Kier alpha value is -2.61. The van der Waals surface area contributed by atoms with Crippen LogP contribution in [-0.2, 0) is 33.8 Å². The minimum absolute atomic E-state index is 0.